The minimum Gasteiger partial charge on any atom is -0.370 e. The molecule has 1 aromatic heterocycles. The fourth-order valence-electron chi connectivity index (χ4n) is 3.12. The van der Waals surface area contributed by atoms with Crippen LogP contribution < -0.4 is 11.1 Å². The third kappa shape index (κ3) is 4.09. The summed E-state index contributed by atoms with van der Waals surface area (Å²) in [6.07, 6.45) is 4.76. The Hall–Kier alpha value is -2.36. The van der Waals surface area contributed by atoms with Crippen molar-refractivity contribution in [2.45, 2.75) is 46.1 Å². The SMILES string of the molecule is Cc1cc(C)cc(NC(N)=NCc2ccc3c(n2)CCCC3)c1. The number of nitrogens with one attached hydrogen (secondary N) is 1. The van der Waals surface area contributed by atoms with E-state index in [1.807, 2.05) is 0 Å². The molecule has 0 unspecified atom stereocenters. The topological polar surface area (TPSA) is 63.3 Å². The van der Waals surface area contributed by atoms with Crippen molar-refractivity contribution in [3.8, 4) is 0 Å². The lowest BCUT2D eigenvalue weighted by Crippen LogP contribution is -2.22. The fraction of sp³-hybridized carbons (Fsp3) is 0.368. The quantitative estimate of drug-likeness (QED) is 0.674. The number of hydrogen-bond acceptors (Lipinski definition) is 2. The van der Waals surface area contributed by atoms with Gasteiger partial charge in [-0.05, 0) is 74.4 Å². The van der Waals surface area contributed by atoms with Crippen LogP contribution in [0.3, 0.4) is 0 Å². The Bertz CT molecular complexity index is 714. The van der Waals surface area contributed by atoms with Crippen LogP contribution in [0.15, 0.2) is 35.3 Å². The second-order valence-electron chi connectivity index (χ2n) is 6.32. The highest BCUT2D eigenvalue weighted by molar-refractivity contribution is 5.92. The molecule has 0 saturated heterocycles. The first-order valence-corrected chi connectivity index (χ1v) is 8.23. The van der Waals surface area contributed by atoms with Crippen molar-refractivity contribution in [2.75, 3.05) is 5.32 Å². The van der Waals surface area contributed by atoms with Gasteiger partial charge in [0, 0.05) is 11.4 Å². The van der Waals surface area contributed by atoms with Gasteiger partial charge in [0.05, 0.1) is 12.2 Å². The molecule has 0 spiro atoms. The summed E-state index contributed by atoms with van der Waals surface area (Å²) in [5.74, 6) is 0.425. The van der Waals surface area contributed by atoms with Crippen LogP contribution in [0.2, 0.25) is 0 Å². The van der Waals surface area contributed by atoms with Gasteiger partial charge in [-0.2, -0.15) is 0 Å². The van der Waals surface area contributed by atoms with Crippen LogP contribution in [0, 0.1) is 13.8 Å². The van der Waals surface area contributed by atoms with Gasteiger partial charge < -0.3 is 11.1 Å². The number of aromatic nitrogens is 1. The van der Waals surface area contributed by atoms with Gasteiger partial charge in [0.25, 0.3) is 0 Å². The molecule has 3 N–H and O–H groups in total. The molecule has 23 heavy (non-hydrogen) atoms. The molecule has 120 valence electrons. The summed E-state index contributed by atoms with van der Waals surface area (Å²) in [4.78, 5) is 9.15. The maximum absolute atomic E-state index is 6.00. The van der Waals surface area contributed by atoms with Crippen LogP contribution >= 0.6 is 0 Å². The van der Waals surface area contributed by atoms with Gasteiger partial charge in [0.2, 0.25) is 0 Å². The molecule has 0 radical (unpaired) electrons. The molecule has 4 heteroatoms. The highest BCUT2D eigenvalue weighted by atomic mass is 15.1. The predicted octanol–water partition coefficient (Wildman–Crippen LogP) is 3.50. The van der Waals surface area contributed by atoms with Crippen LogP contribution in [0.1, 0.15) is 40.9 Å². The second-order valence-corrected chi connectivity index (χ2v) is 6.32. The Morgan fingerprint density at radius 1 is 1.13 bits per heavy atom. The summed E-state index contributed by atoms with van der Waals surface area (Å²) >= 11 is 0. The molecule has 2 aromatic rings. The number of nitrogens with zero attached hydrogens (tertiary/aromatic N) is 2. The number of guanidine groups is 1. The molecule has 0 aliphatic heterocycles. The monoisotopic (exact) mass is 308 g/mol. The van der Waals surface area contributed by atoms with Crippen molar-refractivity contribution in [3.05, 3.63) is 58.4 Å². The molecule has 1 aliphatic rings. The minimum absolute atomic E-state index is 0.425. The zero-order chi connectivity index (χ0) is 16.2. The summed E-state index contributed by atoms with van der Waals surface area (Å²) in [6.45, 7) is 4.65. The number of fused-ring (bicyclic) bond motifs is 1. The number of aryl methyl sites for hydroxylation is 4. The van der Waals surface area contributed by atoms with E-state index in [9.17, 15) is 0 Å². The van der Waals surface area contributed by atoms with Gasteiger partial charge in [0.15, 0.2) is 5.96 Å². The van der Waals surface area contributed by atoms with Gasteiger partial charge in [-0.1, -0.05) is 12.1 Å². The molecule has 0 atom stereocenters. The van der Waals surface area contributed by atoms with Crippen molar-refractivity contribution >= 4 is 11.6 Å². The fourth-order valence-corrected chi connectivity index (χ4v) is 3.12. The van der Waals surface area contributed by atoms with E-state index in [2.05, 4.69) is 54.5 Å². The molecule has 1 aliphatic carbocycles. The lowest BCUT2D eigenvalue weighted by atomic mass is 9.96. The van der Waals surface area contributed by atoms with E-state index in [0.717, 1.165) is 24.2 Å². The van der Waals surface area contributed by atoms with Crippen molar-refractivity contribution in [2.24, 2.45) is 10.7 Å². The summed E-state index contributed by atoms with van der Waals surface area (Å²) in [5.41, 5.74) is 13.0. The van der Waals surface area contributed by atoms with Crippen LogP contribution in [-0.2, 0) is 19.4 Å². The van der Waals surface area contributed by atoms with Gasteiger partial charge in [-0.3, -0.25) is 4.98 Å². The van der Waals surface area contributed by atoms with Gasteiger partial charge >= 0.3 is 0 Å². The van der Waals surface area contributed by atoms with Crippen LogP contribution in [0.25, 0.3) is 0 Å². The van der Waals surface area contributed by atoms with Crippen LogP contribution in [0.5, 0.6) is 0 Å². The van der Waals surface area contributed by atoms with E-state index < -0.39 is 0 Å². The van der Waals surface area contributed by atoms with E-state index in [-0.39, 0.29) is 0 Å². The molecular weight excluding hydrogens is 284 g/mol. The standard InChI is InChI=1S/C19H24N4/c1-13-9-14(2)11-17(10-13)23-19(20)21-12-16-8-7-15-5-3-4-6-18(15)22-16/h7-11H,3-6,12H2,1-2H3,(H3,20,21,23). The number of aliphatic imine (C=N–C) groups is 1. The van der Waals surface area contributed by atoms with Crippen LogP contribution in [-0.4, -0.2) is 10.9 Å². The zero-order valence-electron chi connectivity index (χ0n) is 13.9. The lowest BCUT2D eigenvalue weighted by molar-refractivity contribution is 0.663. The van der Waals surface area contributed by atoms with E-state index in [4.69, 9.17) is 10.7 Å². The van der Waals surface area contributed by atoms with E-state index in [1.165, 1.54) is 35.2 Å². The van der Waals surface area contributed by atoms with Gasteiger partial charge in [-0.15, -0.1) is 0 Å². The second kappa shape index (κ2) is 6.82. The highest BCUT2D eigenvalue weighted by Crippen LogP contribution is 2.19. The average Bonchev–Trinajstić information content (AvgIpc) is 2.52. The molecule has 0 fully saturated rings. The van der Waals surface area contributed by atoms with E-state index in [1.54, 1.807) is 0 Å². The van der Waals surface area contributed by atoms with Crippen molar-refractivity contribution in [1.82, 2.24) is 4.98 Å². The average molecular weight is 308 g/mol. The molecule has 1 aromatic carbocycles. The smallest absolute Gasteiger partial charge is 0.193 e. The van der Waals surface area contributed by atoms with Crippen molar-refractivity contribution in [1.29, 1.82) is 0 Å². The molecule has 4 nitrogen and oxygen atoms in total. The maximum Gasteiger partial charge on any atom is 0.193 e. The summed E-state index contributed by atoms with van der Waals surface area (Å²) in [6, 6.07) is 10.5. The maximum atomic E-state index is 6.00. The number of pyridine rings is 1. The summed E-state index contributed by atoms with van der Waals surface area (Å²) in [7, 11) is 0. The molecule has 0 bridgehead atoms. The Morgan fingerprint density at radius 3 is 2.65 bits per heavy atom. The number of anilines is 1. The Morgan fingerprint density at radius 2 is 1.87 bits per heavy atom. The zero-order valence-corrected chi connectivity index (χ0v) is 13.9. The molecule has 1 heterocycles. The normalized spacial score (nSPS) is 14.4. The predicted molar refractivity (Wildman–Crippen MR) is 95.7 cm³/mol. The Kier molecular flexibility index (Phi) is 4.60. The first kappa shape index (κ1) is 15.5. The van der Waals surface area contributed by atoms with Crippen molar-refractivity contribution in [3.63, 3.8) is 0 Å². The molecular formula is C19H24N4. The largest absolute Gasteiger partial charge is 0.370 e. The molecule has 3 rings (SSSR count). The van der Waals surface area contributed by atoms with Crippen molar-refractivity contribution < 1.29 is 0 Å². The first-order chi connectivity index (χ1) is 11.1. The minimum atomic E-state index is 0.425. The third-order valence-corrected chi connectivity index (χ3v) is 4.14. The van der Waals surface area contributed by atoms with Crippen LogP contribution in [0.4, 0.5) is 5.69 Å². The summed E-state index contributed by atoms with van der Waals surface area (Å²) < 4.78 is 0. The lowest BCUT2D eigenvalue weighted by Gasteiger charge is -2.15. The van der Waals surface area contributed by atoms with E-state index >= 15 is 0 Å². The number of rotatable bonds is 3. The summed E-state index contributed by atoms with van der Waals surface area (Å²) in [5, 5.41) is 3.16. The first-order valence-electron chi connectivity index (χ1n) is 8.23. The van der Waals surface area contributed by atoms with E-state index in [0.29, 0.717) is 12.5 Å². The Balaban J connectivity index is 1.67. The Labute approximate surface area is 137 Å². The third-order valence-electron chi connectivity index (χ3n) is 4.14. The molecule has 0 amide bonds. The number of nitrogens with two attached hydrogens (primary N) is 1. The van der Waals surface area contributed by atoms with Gasteiger partial charge in [-0.25, -0.2) is 4.99 Å². The highest BCUT2D eigenvalue weighted by Gasteiger charge is 2.10. The molecule has 0 saturated carbocycles. The number of benzene rings is 1. The van der Waals surface area contributed by atoms with Gasteiger partial charge in [0.1, 0.15) is 0 Å². The number of hydrogen-bond donors (Lipinski definition) is 2.